The first-order chi connectivity index (χ1) is 14.5. The van der Waals surface area contributed by atoms with Crippen LogP contribution in [-0.4, -0.2) is 87.6 Å². The van der Waals surface area contributed by atoms with Crippen molar-refractivity contribution >= 4 is 11.8 Å². The highest BCUT2D eigenvalue weighted by Crippen LogP contribution is 2.16. The van der Waals surface area contributed by atoms with E-state index in [4.69, 9.17) is 9.47 Å². The van der Waals surface area contributed by atoms with E-state index in [1.165, 1.54) is 5.56 Å². The van der Waals surface area contributed by atoms with Crippen molar-refractivity contribution in [3.05, 3.63) is 23.9 Å². The highest BCUT2D eigenvalue weighted by atomic mass is 16.5. The minimum absolute atomic E-state index is 0.187. The van der Waals surface area contributed by atoms with E-state index in [1.54, 1.807) is 7.05 Å². The Labute approximate surface area is 181 Å². The summed E-state index contributed by atoms with van der Waals surface area (Å²) in [5.41, 5.74) is 1.18. The molecule has 0 bridgehead atoms. The molecule has 2 saturated heterocycles. The number of pyridine rings is 1. The number of nitrogens with zero attached hydrogens (tertiary/aromatic N) is 4. The summed E-state index contributed by atoms with van der Waals surface area (Å²) < 4.78 is 11.6. The quantitative estimate of drug-likeness (QED) is 0.511. The van der Waals surface area contributed by atoms with Crippen molar-refractivity contribution in [1.82, 2.24) is 20.5 Å². The van der Waals surface area contributed by atoms with Crippen LogP contribution in [0.2, 0.25) is 0 Å². The van der Waals surface area contributed by atoms with Crippen LogP contribution in [0, 0.1) is 5.92 Å². The van der Waals surface area contributed by atoms with E-state index >= 15 is 0 Å². The molecule has 2 N–H and O–H groups in total. The zero-order valence-electron chi connectivity index (χ0n) is 18.9. The summed E-state index contributed by atoms with van der Waals surface area (Å²) in [6.07, 6.45) is 2.30. The fourth-order valence-electron chi connectivity index (χ4n) is 3.97. The van der Waals surface area contributed by atoms with E-state index in [0.29, 0.717) is 12.5 Å². The monoisotopic (exact) mass is 418 g/mol. The number of hydrogen-bond acceptors (Lipinski definition) is 6. The highest BCUT2D eigenvalue weighted by Gasteiger charge is 2.21. The van der Waals surface area contributed by atoms with Gasteiger partial charge in [-0.3, -0.25) is 9.89 Å². The molecule has 8 heteroatoms. The predicted molar refractivity (Wildman–Crippen MR) is 121 cm³/mol. The number of hydrogen-bond donors (Lipinski definition) is 2. The van der Waals surface area contributed by atoms with E-state index in [0.717, 1.165) is 64.3 Å². The Balaban J connectivity index is 1.46. The van der Waals surface area contributed by atoms with E-state index < -0.39 is 0 Å². The normalized spacial score (nSPS) is 23.6. The summed E-state index contributed by atoms with van der Waals surface area (Å²) in [7, 11) is 1.80. The van der Waals surface area contributed by atoms with Gasteiger partial charge in [-0.1, -0.05) is 13.8 Å². The number of guanidine groups is 1. The number of aromatic nitrogens is 1. The molecule has 168 valence electrons. The summed E-state index contributed by atoms with van der Waals surface area (Å²) in [5, 5.41) is 6.82. The molecule has 0 aliphatic carbocycles. The maximum atomic E-state index is 5.93. The third kappa shape index (κ3) is 7.11. The van der Waals surface area contributed by atoms with Gasteiger partial charge >= 0.3 is 0 Å². The van der Waals surface area contributed by atoms with Crippen LogP contribution in [0.5, 0.6) is 0 Å². The fourth-order valence-corrected chi connectivity index (χ4v) is 3.97. The maximum absolute atomic E-state index is 5.93. The molecule has 8 nitrogen and oxygen atoms in total. The van der Waals surface area contributed by atoms with Gasteiger partial charge in [-0.15, -0.1) is 0 Å². The van der Waals surface area contributed by atoms with E-state index in [1.807, 2.05) is 12.3 Å². The molecule has 2 aliphatic heterocycles. The molecule has 0 spiro atoms. The molecule has 2 aliphatic rings. The lowest BCUT2D eigenvalue weighted by Crippen LogP contribution is -2.50. The van der Waals surface area contributed by atoms with E-state index in [-0.39, 0.29) is 12.2 Å². The minimum Gasteiger partial charge on any atom is -0.375 e. The predicted octanol–water partition coefficient (Wildman–Crippen LogP) is 1.33. The van der Waals surface area contributed by atoms with Crippen molar-refractivity contribution in [3.8, 4) is 0 Å². The van der Waals surface area contributed by atoms with Gasteiger partial charge in [0.25, 0.3) is 0 Å². The van der Waals surface area contributed by atoms with Crippen molar-refractivity contribution in [1.29, 1.82) is 0 Å². The van der Waals surface area contributed by atoms with Crippen LogP contribution < -0.4 is 15.5 Å². The minimum atomic E-state index is 0.187. The van der Waals surface area contributed by atoms with Crippen LogP contribution in [0.25, 0.3) is 0 Å². The Kier molecular flexibility index (Phi) is 8.72. The molecule has 1 aromatic rings. The lowest BCUT2D eigenvalue weighted by atomic mass is 10.2. The first-order valence-electron chi connectivity index (χ1n) is 11.1. The lowest BCUT2D eigenvalue weighted by Gasteiger charge is -2.34. The second kappa shape index (κ2) is 11.5. The molecular weight excluding hydrogens is 380 g/mol. The summed E-state index contributed by atoms with van der Waals surface area (Å²) in [5.74, 6) is 2.48. The zero-order chi connectivity index (χ0) is 21.3. The number of ether oxygens (including phenoxy) is 2. The van der Waals surface area contributed by atoms with Crippen molar-refractivity contribution in [3.63, 3.8) is 0 Å². The second-order valence-corrected chi connectivity index (χ2v) is 8.60. The summed E-state index contributed by atoms with van der Waals surface area (Å²) in [6, 6.07) is 4.19. The summed E-state index contributed by atoms with van der Waals surface area (Å²) in [4.78, 5) is 13.7. The average Bonchev–Trinajstić information content (AvgIpc) is 2.74. The number of nitrogens with one attached hydrogen (secondary N) is 2. The zero-order valence-corrected chi connectivity index (χ0v) is 18.9. The third-order valence-corrected chi connectivity index (χ3v) is 5.40. The van der Waals surface area contributed by atoms with Gasteiger partial charge in [-0.25, -0.2) is 4.98 Å². The van der Waals surface area contributed by atoms with Gasteiger partial charge in [-0.2, -0.15) is 0 Å². The first-order valence-corrected chi connectivity index (χ1v) is 11.1. The molecule has 0 radical (unpaired) electrons. The molecule has 1 aromatic heterocycles. The third-order valence-electron chi connectivity index (χ3n) is 5.40. The van der Waals surface area contributed by atoms with Crippen LogP contribution in [0.3, 0.4) is 0 Å². The van der Waals surface area contributed by atoms with Crippen molar-refractivity contribution < 1.29 is 9.47 Å². The Bertz CT molecular complexity index is 683. The number of anilines is 1. The second-order valence-electron chi connectivity index (χ2n) is 8.60. The Morgan fingerprint density at radius 3 is 2.83 bits per heavy atom. The molecule has 30 heavy (non-hydrogen) atoms. The van der Waals surface area contributed by atoms with Crippen molar-refractivity contribution in [2.45, 2.75) is 39.5 Å². The molecule has 3 rings (SSSR count). The van der Waals surface area contributed by atoms with Gasteiger partial charge in [0.1, 0.15) is 5.82 Å². The van der Waals surface area contributed by atoms with Crippen LogP contribution >= 0.6 is 0 Å². The van der Waals surface area contributed by atoms with Crippen LogP contribution in [0.4, 0.5) is 5.82 Å². The number of morpholine rings is 2. The molecule has 0 aromatic carbocycles. The Morgan fingerprint density at radius 1 is 1.23 bits per heavy atom. The number of aliphatic imine (C=N–C) groups is 1. The first kappa shape index (κ1) is 22.8. The fraction of sp³-hybridized carbons (Fsp3) is 0.727. The topological polar surface area (TPSA) is 74.2 Å². The SMILES string of the molecule is CN=C(NCc1ccnc(N2CCOC(C)C2)c1)NCC1CN(CC(C)C)CCO1. The van der Waals surface area contributed by atoms with Crippen molar-refractivity contribution in [2.24, 2.45) is 10.9 Å². The maximum Gasteiger partial charge on any atom is 0.191 e. The van der Waals surface area contributed by atoms with Gasteiger partial charge in [0.15, 0.2) is 5.96 Å². The van der Waals surface area contributed by atoms with Gasteiger partial charge < -0.3 is 25.0 Å². The molecular formula is C22H38N6O2. The summed E-state index contributed by atoms with van der Waals surface area (Å²) >= 11 is 0. The molecule has 2 fully saturated rings. The molecule has 0 saturated carbocycles. The van der Waals surface area contributed by atoms with Crippen LogP contribution in [-0.2, 0) is 16.0 Å². The van der Waals surface area contributed by atoms with Gasteiger partial charge in [0, 0.05) is 59.1 Å². The highest BCUT2D eigenvalue weighted by molar-refractivity contribution is 5.79. The lowest BCUT2D eigenvalue weighted by molar-refractivity contribution is -0.0284. The number of rotatable bonds is 7. The smallest absolute Gasteiger partial charge is 0.191 e. The van der Waals surface area contributed by atoms with Crippen LogP contribution in [0.1, 0.15) is 26.3 Å². The molecule has 2 atom stereocenters. The Hall–Kier alpha value is -1.90. The largest absolute Gasteiger partial charge is 0.375 e. The van der Waals surface area contributed by atoms with Gasteiger partial charge in [0.2, 0.25) is 0 Å². The molecule has 2 unspecified atom stereocenters. The van der Waals surface area contributed by atoms with E-state index in [9.17, 15) is 0 Å². The Morgan fingerprint density at radius 2 is 2.07 bits per heavy atom. The van der Waals surface area contributed by atoms with Gasteiger partial charge in [-0.05, 0) is 30.5 Å². The van der Waals surface area contributed by atoms with Gasteiger partial charge in [0.05, 0.1) is 25.4 Å². The van der Waals surface area contributed by atoms with Crippen molar-refractivity contribution in [2.75, 3.05) is 64.4 Å². The average molecular weight is 419 g/mol. The molecule has 3 heterocycles. The van der Waals surface area contributed by atoms with E-state index in [2.05, 4.69) is 57.2 Å². The summed E-state index contributed by atoms with van der Waals surface area (Å²) in [6.45, 7) is 14.5. The molecule has 0 amide bonds. The van der Waals surface area contributed by atoms with Crippen LogP contribution in [0.15, 0.2) is 23.3 Å². The standard InChI is InChI=1S/C22H38N6O2/c1-17(2)14-27-7-9-30-20(16-27)13-26-22(23-4)25-12-19-5-6-24-21(11-19)28-8-10-29-18(3)15-28/h5-6,11,17-18,20H,7-10,12-16H2,1-4H3,(H2,23,25,26).